The molecule has 2 unspecified atom stereocenters. The first-order valence-electron chi connectivity index (χ1n) is 9.37. The number of hydrogen-bond acceptors (Lipinski definition) is 2. The minimum atomic E-state index is 0.582. The summed E-state index contributed by atoms with van der Waals surface area (Å²) >= 11 is 0. The maximum absolute atomic E-state index is 5.21. The number of rotatable bonds is 3. The molecule has 3 aliphatic carbocycles. The average Bonchev–Trinajstić information content (AvgIpc) is 3.27. The van der Waals surface area contributed by atoms with Crippen LogP contribution < -0.4 is 0 Å². The van der Waals surface area contributed by atoms with Crippen LogP contribution in [0.4, 0.5) is 0 Å². The Morgan fingerprint density at radius 1 is 1.18 bits per heavy atom. The van der Waals surface area contributed by atoms with Crippen molar-refractivity contribution in [3.05, 3.63) is 22.3 Å². The number of nitrogens with zero attached hydrogens (tertiary/aromatic N) is 2. The van der Waals surface area contributed by atoms with Crippen LogP contribution in [0.1, 0.15) is 64.7 Å². The van der Waals surface area contributed by atoms with Crippen molar-refractivity contribution >= 4 is 11.4 Å². The van der Waals surface area contributed by atoms with E-state index >= 15 is 0 Å². The van der Waals surface area contributed by atoms with E-state index in [0.29, 0.717) is 6.04 Å². The van der Waals surface area contributed by atoms with Crippen LogP contribution in [0, 0.1) is 11.8 Å². The van der Waals surface area contributed by atoms with Gasteiger partial charge in [0.05, 0.1) is 12.6 Å². The van der Waals surface area contributed by atoms with Crippen molar-refractivity contribution in [1.29, 1.82) is 0 Å². The summed E-state index contributed by atoms with van der Waals surface area (Å²) in [6.07, 6.45) is 11.7. The van der Waals surface area contributed by atoms with Crippen LogP contribution in [0.2, 0.25) is 0 Å². The summed E-state index contributed by atoms with van der Waals surface area (Å²) in [7, 11) is 0. The fraction of sp³-hybridized carbons (Fsp3) is 0.700. The van der Waals surface area contributed by atoms with Crippen molar-refractivity contribution in [3.63, 3.8) is 0 Å². The Morgan fingerprint density at radius 2 is 2.09 bits per heavy atom. The lowest BCUT2D eigenvalue weighted by molar-refractivity contribution is 0.406. The van der Waals surface area contributed by atoms with Crippen molar-refractivity contribution in [2.24, 2.45) is 21.8 Å². The summed E-state index contributed by atoms with van der Waals surface area (Å²) in [5, 5.41) is 0. The van der Waals surface area contributed by atoms with Crippen molar-refractivity contribution in [3.8, 4) is 0 Å². The quantitative estimate of drug-likeness (QED) is 0.723. The third kappa shape index (κ3) is 1.99. The van der Waals surface area contributed by atoms with Gasteiger partial charge in [-0.3, -0.25) is 9.98 Å². The highest BCUT2D eigenvalue weighted by molar-refractivity contribution is 6.08. The number of aliphatic imine (C=N–C) groups is 2. The lowest BCUT2D eigenvalue weighted by Crippen LogP contribution is -2.33. The predicted molar refractivity (Wildman–Crippen MR) is 91.8 cm³/mol. The van der Waals surface area contributed by atoms with Gasteiger partial charge in [0.15, 0.2) is 0 Å². The lowest BCUT2D eigenvalue weighted by Gasteiger charge is -2.39. The largest absolute Gasteiger partial charge is 0.290 e. The van der Waals surface area contributed by atoms with Gasteiger partial charge in [-0.25, -0.2) is 0 Å². The Balaban J connectivity index is 1.57. The second-order valence-corrected chi connectivity index (χ2v) is 7.88. The van der Waals surface area contributed by atoms with Crippen molar-refractivity contribution in [1.82, 2.24) is 0 Å². The average molecular weight is 294 g/mol. The molecule has 5 rings (SSSR count). The second kappa shape index (κ2) is 4.91. The van der Waals surface area contributed by atoms with Gasteiger partial charge in [-0.15, -0.1) is 0 Å². The van der Waals surface area contributed by atoms with Crippen molar-refractivity contribution in [2.75, 3.05) is 6.54 Å². The molecule has 2 heteroatoms. The van der Waals surface area contributed by atoms with Crippen LogP contribution in [0.25, 0.3) is 0 Å². The molecule has 2 atom stereocenters. The zero-order chi connectivity index (χ0) is 14.7. The Hall–Kier alpha value is -1.18. The van der Waals surface area contributed by atoms with Crippen LogP contribution in [-0.4, -0.2) is 24.0 Å². The van der Waals surface area contributed by atoms with Crippen molar-refractivity contribution < 1.29 is 0 Å². The number of fused-ring (bicyclic) bond motifs is 1. The maximum Gasteiger partial charge on any atom is 0.0612 e. The van der Waals surface area contributed by atoms with E-state index in [1.807, 2.05) is 0 Å². The third-order valence-electron chi connectivity index (χ3n) is 6.43. The monoisotopic (exact) mass is 294 g/mol. The smallest absolute Gasteiger partial charge is 0.0612 e. The fourth-order valence-corrected chi connectivity index (χ4v) is 5.13. The van der Waals surface area contributed by atoms with Gasteiger partial charge in [-0.05, 0) is 61.2 Å². The van der Waals surface area contributed by atoms with Crippen LogP contribution in [-0.2, 0) is 0 Å². The molecule has 0 aromatic heterocycles. The van der Waals surface area contributed by atoms with Gasteiger partial charge in [0.2, 0.25) is 0 Å². The summed E-state index contributed by atoms with van der Waals surface area (Å²) in [6, 6.07) is 0.582. The SMILES string of the molecule is CCC1=NC(CC2CC2)C2CC3=C4C(=NC3)CCCC4=C2C1. The highest BCUT2D eigenvalue weighted by Crippen LogP contribution is 2.49. The molecule has 2 fully saturated rings. The normalized spacial score (nSPS) is 33.5. The molecular formula is C20H26N2. The molecule has 2 heterocycles. The first-order valence-corrected chi connectivity index (χ1v) is 9.37. The van der Waals surface area contributed by atoms with E-state index in [4.69, 9.17) is 9.98 Å². The molecule has 0 spiro atoms. The van der Waals surface area contributed by atoms with E-state index in [-0.39, 0.29) is 0 Å². The Kier molecular flexibility index (Phi) is 2.96. The molecule has 0 saturated heterocycles. The fourth-order valence-electron chi connectivity index (χ4n) is 5.13. The highest BCUT2D eigenvalue weighted by atomic mass is 14.9. The molecule has 0 aromatic carbocycles. The molecule has 2 saturated carbocycles. The van der Waals surface area contributed by atoms with Crippen LogP contribution in [0.5, 0.6) is 0 Å². The van der Waals surface area contributed by atoms with E-state index in [1.54, 1.807) is 22.3 Å². The summed E-state index contributed by atoms with van der Waals surface area (Å²) in [5.74, 6) is 1.70. The molecule has 2 aliphatic heterocycles. The van der Waals surface area contributed by atoms with Crippen molar-refractivity contribution in [2.45, 2.75) is 70.8 Å². The molecule has 2 nitrogen and oxygen atoms in total. The summed E-state index contributed by atoms with van der Waals surface area (Å²) in [6.45, 7) is 3.29. The second-order valence-electron chi connectivity index (χ2n) is 7.88. The van der Waals surface area contributed by atoms with Crippen LogP contribution in [0.15, 0.2) is 32.3 Å². The van der Waals surface area contributed by atoms with Gasteiger partial charge >= 0.3 is 0 Å². The molecule has 5 aliphatic rings. The molecular weight excluding hydrogens is 268 g/mol. The van der Waals surface area contributed by atoms with Gasteiger partial charge in [-0.2, -0.15) is 0 Å². The topological polar surface area (TPSA) is 24.7 Å². The first-order chi connectivity index (χ1) is 10.8. The highest BCUT2D eigenvalue weighted by Gasteiger charge is 2.41. The van der Waals surface area contributed by atoms with Gasteiger partial charge in [0.1, 0.15) is 0 Å². The Bertz CT molecular complexity index is 643. The van der Waals surface area contributed by atoms with E-state index < -0.39 is 0 Å². The minimum absolute atomic E-state index is 0.582. The van der Waals surface area contributed by atoms with Gasteiger partial charge in [-0.1, -0.05) is 25.3 Å². The standard InChI is InChI=1S/C20H26N2/c1-2-14-10-16-15-4-3-5-18-20(15)13(11-21-18)9-17(16)19(22-14)8-12-6-7-12/h12,17,19H,2-11H2,1H3. The van der Waals surface area contributed by atoms with E-state index in [9.17, 15) is 0 Å². The van der Waals surface area contributed by atoms with Gasteiger partial charge < -0.3 is 0 Å². The summed E-state index contributed by atoms with van der Waals surface area (Å²) in [4.78, 5) is 10.1. The molecule has 116 valence electrons. The maximum atomic E-state index is 5.21. The minimum Gasteiger partial charge on any atom is -0.290 e. The van der Waals surface area contributed by atoms with Gasteiger partial charge in [0.25, 0.3) is 0 Å². The summed E-state index contributed by atoms with van der Waals surface area (Å²) in [5.41, 5.74) is 9.70. The van der Waals surface area contributed by atoms with E-state index in [0.717, 1.165) is 24.8 Å². The predicted octanol–water partition coefficient (Wildman–Crippen LogP) is 4.66. The Labute approximate surface area is 133 Å². The molecule has 0 radical (unpaired) electrons. The molecule has 0 bridgehead atoms. The van der Waals surface area contributed by atoms with Crippen LogP contribution in [0.3, 0.4) is 0 Å². The zero-order valence-electron chi connectivity index (χ0n) is 13.7. The van der Waals surface area contributed by atoms with Gasteiger partial charge in [0, 0.05) is 23.8 Å². The molecule has 22 heavy (non-hydrogen) atoms. The Morgan fingerprint density at radius 3 is 2.91 bits per heavy atom. The third-order valence-corrected chi connectivity index (χ3v) is 6.43. The zero-order valence-corrected chi connectivity index (χ0v) is 13.7. The lowest BCUT2D eigenvalue weighted by atomic mass is 9.68. The molecule has 0 amide bonds. The number of allylic oxidation sites excluding steroid dienone is 2. The van der Waals surface area contributed by atoms with E-state index in [2.05, 4.69) is 6.92 Å². The summed E-state index contributed by atoms with van der Waals surface area (Å²) < 4.78 is 0. The van der Waals surface area contributed by atoms with Crippen LogP contribution >= 0.6 is 0 Å². The number of hydrogen-bond donors (Lipinski definition) is 0. The first kappa shape index (κ1) is 13.3. The van der Waals surface area contributed by atoms with E-state index in [1.165, 1.54) is 62.8 Å². The molecule has 0 N–H and O–H groups in total. The molecule has 0 aromatic rings.